The number of hydrogen-bond acceptors (Lipinski definition) is 5. The predicted molar refractivity (Wildman–Crippen MR) is 103 cm³/mol. The molecule has 2 aliphatic rings. The summed E-state index contributed by atoms with van der Waals surface area (Å²) in [6.45, 7) is 3.68. The van der Waals surface area contributed by atoms with E-state index in [1.165, 1.54) is 12.7 Å². The molecule has 1 amide bonds. The fourth-order valence-corrected chi connectivity index (χ4v) is 4.52. The minimum Gasteiger partial charge on any atom is -0.468 e. The molecule has 6 nitrogen and oxygen atoms in total. The van der Waals surface area contributed by atoms with Crippen LogP contribution < -0.4 is 15.6 Å². The zero-order valence-electron chi connectivity index (χ0n) is 15.9. The first-order valence-electron chi connectivity index (χ1n) is 9.70. The highest BCUT2D eigenvalue weighted by Gasteiger charge is 2.44. The van der Waals surface area contributed by atoms with Crippen LogP contribution in [0, 0.1) is 5.92 Å². The maximum Gasteiger partial charge on any atom is 0.289 e. The predicted octanol–water partition coefficient (Wildman–Crippen LogP) is 2.79. The van der Waals surface area contributed by atoms with Crippen molar-refractivity contribution in [1.29, 1.82) is 0 Å². The Morgan fingerprint density at radius 2 is 2.07 bits per heavy atom. The van der Waals surface area contributed by atoms with E-state index in [2.05, 4.69) is 48.1 Å². The number of hydrogen-bond donors (Lipinski definition) is 2. The molecule has 0 spiro atoms. The van der Waals surface area contributed by atoms with Crippen LogP contribution in [0.5, 0.6) is 5.95 Å². The van der Waals surface area contributed by atoms with Crippen molar-refractivity contribution in [3.63, 3.8) is 0 Å². The molecule has 2 aromatic rings. The number of methoxy groups -OCH3 is 1. The quantitative estimate of drug-likeness (QED) is 0.848. The van der Waals surface area contributed by atoms with Gasteiger partial charge in [-0.05, 0) is 24.5 Å². The van der Waals surface area contributed by atoms with E-state index in [1.807, 2.05) is 4.90 Å². The first kappa shape index (κ1) is 18.1. The first-order chi connectivity index (χ1) is 13.2. The lowest BCUT2D eigenvalue weighted by atomic mass is 9.78. The standard InChI is InChI=1S/C21H27N3O3/c1-3-15(14-7-5-4-6-8-14)20-16-13-24(12-11-17(16)22-23-20)21(25)18-9-10-19(26-2)27-18/h4-10,15-17,20,22-23H,3,11-13H2,1-2H3. The molecular weight excluding hydrogens is 342 g/mol. The van der Waals surface area contributed by atoms with Gasteiger partial charge < -0.3 is 14.1 Å². The van der Waals surface area contributed by atoms with Crippen molar-refractivity contribution in [2.24, 2.45) is 5.92 Å². The molecule has 0 saturated carbocycles. The second kappa shape index (κ2) is 7.74. The zero-order chi connectivity index (χ0) is 18.8. The van der Waals surface area contributed by atoms with Crippen LogP contribution in [-0.4, -0.2) is 43.1 Å². The van der Waals surface area contributed by atoms with Gasteiger partial charge in [0.05, 0.1) is 7.11 Å². The van der Waals surface area contributed by atoms with Crippen LogP contribution in [0.1, 0.15) is 41.8 Å². The molecule has 27 heavy (non-hydrogen) atoms. The lowest BCUT2D eigenvalue weighted by Crippen LogP contribution is -2.49. The van der Waals surface area contributed by atoms with Crippen molar-refractivity contribution < 1.29 is 13.9 Å². The van der Waals surface area contributed by atoms with Crippen LogP contribution in [0.4, 0.5) is 0 Å². The molecule has 1 aromatic heterocycles. The minimum atomic E-state index is -0.0600. The number of hydrazine groups is 1. The van der Waals surface area contributed by atoms with Gasteiger partial charge in [-0.1, -0.05) is 37.3 Å². The average Bonchev–Trinajstić information content (AvgIpc) is 3.36. The Balaban J connectivity index is 1.51. The number of likely N-dealkylation sites (tertiary alicyclic amines) is 1. The monoisotopic (exact) mass is 369 g/mol. The summed E-state index contributed by atoms with van der Waals surface area (Å²) in [4.78, 5) is 14.8. The zero-order valence-corrected chi connectivity index (χ0v) is 15.9. The molecule has 6 heteroatoms. The SMILES string of the molecule is CCC(c1ccccc1)C1NNC2CCN(C(=O)c3ccc(OC)o3)CC21. The Morgan fingerprint density at radius 3 is 2.78 bits per heavy atom. The Labute approximate surface area is 159 Å². The van der Waals surface area contributed by atoms with Gasteiger partial charge in [-0.15, -0.1) is 0 Å². The van der Waals surface area contributed by atoms with E-state index in [0.29, 0.717) is 35.6 Å². The van der Waals surface area contributed by atoms with E-state index in [-0.39, 0.29) is 5.91 Å². The molecule has 144 valence electrons. The van der Waals surface area contributed by atoms with Gasteiger partial charge in [0.2, 0.25) is 0 Å². The smallest absolute Gasteiger partial charge is 0.289 e. The first-order valence-corrected chi connectivity index (χ1v) is 9.70. The lowest BCUT2D eigenvalue weighted by Gasteiger charge is -2.37. The number of carbonyl (C=O) groups excluding carboxylic acids is 1. The number of rotatable bonds is 5. The van der Waals surface area contributed by atoms with Gasteiger partial charge in [-0.2, -0.15) is 0 Å². The number of nitrogens with one attached hydrogen (secondary N) is 2. The van der Waals surface area contributed by atoms with Crippen molar-refractivity contribution >= 4 is 5.91 Å². The maximum absolute atomic E-state index is 12.9. The van der Waals surface area contributed by atoms with Crippen LogP contribution >= 0.6 is 0 Å². The molecule has 4 atom stereocenters. The number of ether oxygens (including phenoxy) is 1. The molecule has 2 aliphatic heterocycles. The van der Waals surface area contributed by atoms with E-state index in [1.54, 1.807) is 12.1 Å². The molecule has 2 N–H and O–H groups in total. The number of nitrogens with zero attached hydrogens (tertiary/aromatic N) is 1. The highest BCUT2D eigenvalue weighted by Crippen LogP contribution is 2.35. The third kappa shape index (κ3) is 3.47. The fourth-order valence-electron chi connectivity index (χ4n) is 4.52. The summed E-state index contributed by atoms with van der Waals surface area (Å²) < 4.78 is 10.5. The third-order valence-electron chi connectivity index (χ3n) is 5.94. The molecule has 4 rings (SSSR count). The topological polar surface area (TPSA) is 66.7 Å². The van der Waals surface area contributed by atoms with Crippen LogP contribution in [0.2, 0.25) is 0 Å². The summed E-state index contributed by atoms with van der Waals surface area (Å²) in [5.41, 5.74) is 8.35. The Kier molecular flexibility index (Phi) is 5.18. The van der Waals surface area contributed by atoms with E-state index >= 15 is 0 Å². The van der Waals surface area contributed by atoms with Crippen LogP contribution in [0.15, 0.2) is 46.9 Å². The van der Waals surface area contributed by atoms with Crippen molar-refractivity contribution in [2.75, 3.05) is 20.2 Å². The van der Waals surface area contributed by atoms with E-state index < -0.39 is 0 Å². The van der Waals surface area contributed by atoms with Gasteiger partial charge in [0.15, 0.2) is 5.76 Å². The molecular formula is C21H27N3O3. The summed E-state index contributed by atoms with van der Waals surface area (Å²) in [7, 11) is 1.54. The molecule has 3 heterocycles. The van der Waals surface area contributed by atoms with Crippen molar-refractivity contribution in [3.05, 3.63) is 53.8 Å². The molecule has 0 bridgehead atoms. The van der Waals surface area contributed by atoms with E-state index in [9.17, 15) is 4.79 Å². The fraction of sp³-hybridized carbons (Fsp3) is 0.476. The largest absolute Gasteiger partial charge is 0.468 e. The van der Waals surface area contributed by atoms with E-state index in [0.717, 1.165) is 25.9 Å². The minimum absolute atomic E-state index is 0.0600. The number of furan rings is 1. The second-order valence-corrected chi connectivity index (χ2v) is 7.37. The number of amides is 1. The van der Waals surface area contributed by atoms with Crippen LogP contribution in [0.3, 0.4) is 0 Å². The van der Waals surface area contributed by atoms with Crippen molar-refractivity contribution in [2.45, 2.75) is 37.8 Å². The number of carbonyl (C=O) groups is 1. The number of piperidine rings is 1. The highest BCUT2D eigenvalue weighted by molar-refractivity contribution is 5.91. The summed E-state index contributed by atoms with van der Waals surface area (Å²) in [5.74, 6) is 1.42. The molecule has 0 aliphatic carbocycles. The average molecular weight is 369 g/mol. The second-order valence-electron chi connectivity index (χ2n) is 7.37. The van der Waals surface area contributed by atoms with Gasteiger partial charge in [-0.3, -0.25) is 15.6 Å². The van der Waals surface area contributed by atoms with Crippen LogP contribution in [0.25, 0.3) is 0 Å². The van der Waals surface area contributed by atoms with Crippen molar-refractivity contribution in [3.8, 4) is 5.95 Å². The molecule has 2 saturated heterocycles. The Morgan fingerprint density at radius 1 is 1.26 bits per heavy atom. The van der Waals surface area contributed by atoms with Gasteiger partial charge in [0, 0.05) is 43.1 Å². The van der Waals surface area contributed by atoms with Crippen molar-refractivity contribution in [1.82, 2.24) is 15.8 Å². The molecule has 2 fully saturated rings. The summed E-state index contributed by atoms with van der Waals surface area (Å²) in [6.07, 6.45) is 1.99. The summed E-state index contributed by atoms with van der Waals surface area (Å²) in [6, 6.07) is 14.7. The number of benzene rings is 1. The van der Waals surface area contributed by atoms with Gasteiger partial charge in [0.25, 0.3) is 11.9 Å². The van der Waals surface area contributed by atoms with Gasteiger partial charge in [0.1, 0.15) is 0 Å². The highest BCUT2D eigenvalue weighted by atomic mass is 16.6. The lowest BCUT2D eigenvalue weighted by molar-refractivity contribution is 0.0609. The van der Waals surface area contributed by atoms with Gasteiger partial charge >= 0.3 is 0 Å². The maximum atomic E-state index is 12.9. The molecule has 4 unspecified atom stereocenters. The summed E-state index contributed by atoms with van der Waals surface area (Å²) >= 11 is 0. The Hall–Kier alpha value is -2.31. The summed E-state index contributed by atoms with van der Waals surface area (Å²) in [5, 5.41) is 0. The number of fused-ring (bicyclic) bond motifs is 1. The third-order valence-corrected chi connectivity index (χ3v) is 5.94. The van der Waals surface area contributed by atoms with Gasteiger partial charge in [-0.25, -0.2) is 0 Å². The molecule has 1 aromatic carbocycles. The normalized spacial score (nSPS) is 25.9. The Bertz CT molecular complexity index is 776. The molecule has 0 radical (unpaired) electrons. The van der Waals surface area contributed by atoms with Crippen LogP contribution in [-0.2, 0) is 0 Å². The van der Waals surface area contributed by atoms with E-state index in [4.69, 9.17) is 9.15 Å².